The van der Waals surface area contributed by atoms with Gasteiger partial charge in [0.25, 0.3) is 0 Å². The molecule has 0 N–H and O–H groups in total. The highest BCUT2D eigenvalue weighted by Crippen LogP contribution is 2.34. The molecule has 0 saturated carbocycles. The fourth-order valence-corrected chi connectivity index (χ4v) is 2.01. The molecule has 18 heavy (non-hydrogen) atoms. The van der Waals surface area contributed by atoms with Crippen LogP contribution in [-0.4, -0.2) is 32.4 Å². The van der Waals surface area contributed by atoms with Gasteiger partial charge in [-0.1, -0.05) is 12.1 Å². The van der Waals surface area contributed by atoms with E-state index in [9.17, 15) is 4.79 Å². The summed E-state index contributed by atoms with van der Waals surface area (Å²) in [5.41, 5.74) is 0.302. The lowest BCUT2D eigenvalue weighted by molar-refractivity contribution is -0.169. The summed E-state index contributed by atoms with van der Waals surface area (Å²) in [6.45, 7) is 5.54. The smallest absolute Gasteiger partial charge is 0.321 e. The molecule has 1 saturated heterocycles. The Morgan fingerprint density at radius 1 is 1.22 bits per heavy atom. The van der Waals surface area contributed by atoms with Crippen LogP contribution in [0.1, 0.15) is 19.4 Å². The molecule has 4 nitrogen and oxygen atoms in total. The fourth-order valence-electron chi connectivity index (χ4n) is 2.01. The van der Waals surface area contributed by atoms with Crippen LogP contribution in [0, 0.1) is 0 Å². The number of esters is 1. The molecule has 0 bridgehead atoms. The van der Waals surface area contributed by atoms with Crippen molar-refractivity contribution in [3.8, 4) is 5.75 Å². The van der Waals surface area contributed by atoms with Crippen molar-refractivity contribution in [3.05, 3.63) is 29.8 Å². The summed E-state index contributed by atoms with van der Waals surface area (Å²) < 4.78 is 15.7. The van der Waals surface area contributed by atoms with E-state index in [4.69, 9.17) is 14.2 Å². The summed E-state index contributed by atoms with van der Waals surface area (Å²) in [6.07, 6.45) is 0. The topological polar surface area (TPSA) is 44.8 Å². The predicted molar refractivity (Wildman–Crippen MR) is 66.7 cm³/mol. The van der Waals surface area contributed by atoms with Crippen LogP contribution in [0.4, 0.5) is 0 Å². The van der Waals surface area contributed by atoms with Crippen LogP contribution >= 0.6 is 0 Å². The zero-order valence-electron chi connectivity index (χ0n) is 10.8. The van der Waals surface area contributed by atoms with Gasteiger partial charge in [-0.3, -0.25) is 4.79 Å². The Morgan fingerprint density at radius 3 is 2.33 bits per heavy atom. The molecule has 0 atom stereocenters. The van der Waals surface area contributed by atoms with E-state index >= 15 is 0 Å². The van der Waals surface area contributed by atoms with Crippen LogP contribution in [0.5, 0.6) is 5.75 Å². The third-order valence-corrected chi connectivity index (χ3v) is 3.08. The predicted octanol–water partition coefficient (Wildman–Crippen LogP) is 1.92. The van der Waals surface area contributed by atoms with Crippen molar-refractivity contribution in [1.82, 2.24) is 0 Å². The van der Waals surface area contributed by atoms with Gasteiger partial charge >= 0.3 is 5.97 Å². The van der Waals surface area contributed by atoms with E-state index in [0.717, 1.165) is 11.3 Å². The number of rotatable bonds is 5. The Kier molecular flexibility index (Phi) is 3.87. The highest BCUT2D eigenvalue weighted by molar-refractivity contribution is 5.84. The van der Waals surface area contributed by atoms with Gasteiger partial charge in [0.1, 0.15) is 11.2 Å². The third-order valence-electron chi connectivity index (χ3n) is 3.08. The van der Waals surface area contributed by atoms with Crippen LogP contribution < -0.4 is 4.74 Å². The third kappa shape index (κ3) is 2.20. The second-order valence-electron chi connectivity index (χ2n) is 4.25. The first kappa shape index (κ1) is 12.9. The molecule has 98 valence electrons. The molecule has 1 fully saturated rings. The maximum absolute atomic E-state index is 12.0. The maximum Gasteiger partial charge on any atom is 0.321 e. The van der Waals surface area contributed by atoms with Crippen LogP contribution in [0.15, 0.2) is 24.3 Å². The van der Waals surface area contributed by atoms with E-state index in [2.05, 4.69) is 0 Å². The van der Waals surface area contributed by atoms with E-state index in [1.165, 1.54) is 0 Å². The monoisotopic (exact) mass is 250 g/mol. The van der Waals surface area contributed by atoms with Gasteiger partial charge in [0.05, 0.1) is 26.4 Å². The van der Waals surface area contributed by atoms with E-state index in [0.29, 0.717) is 26.4 Å². The standard InChI is InChI=1S/C14H18O4/c1-3-17-12-7-5-11(6-8-12)14(9-16-10-14)13(15)18-4-2/h5-8H,3-4,9-10H2,1-2H3. The average Bonchev–Trinajstić information content (AvgIpc) is 2.30. The van der Waals surface area contributed by atoms with Gasteiger partial charge in [-0.15, -0.1) is 0 Å². The first-order valence-corrected chi connectivity index (χ1v) is 6.21. The SMILES string of the molecule is CCOC(=O)C1(c2ccc(OCC)cc2)COC1. The minimum absolute atomic E-state index is 0.208. The van der Waals surface area contributed by atoms with Crippen molar-refractivity contribution >= 4 is 5.97 Å². The maximum atomic E-state index is 12.0. The number of hydrogen-bond acceptors (Lipinski definition) is 4. The molecule has 1 heterocycles. The van der Waals surface area contributed by atoms with Crippen molar-refractivity contribution in [2.45, 2.75) is 19.3 Å². The molecule has 1 aromatic rings. The Balaban J connectivity index is 2.19. The Morgan fingerprint density at radius 2 is 1.89 bits per heavy atom. The lowest BCUT2D eigenvalue weighted by Gasteiger charge is -2.39. The second-order valence-corrected chi connectivity index (χ2v) is 4.25. The summed E-state index contributed by atoms with van der Waals surface area (Å²) in [5, 5.41) is 0. The van der Waals surface area contributed by atoms with Crippen LogP contribution in [0.25, 0.3) is 0 Å². The molecule has 1 aliphatic heterocycles. The van der Waals surface area contributed by atoms with E-state index in [1.54, 1.807) is 0 Å². The summed E-state index contributed by atoms with van der Waals surface area (Å²) in [4.78, 5) is 12.0. The zero-order chi connectivity index (χ0) is 13.0. The first-order chi connectivity index (χ1) is 8.73. The molecule has 0 amide bonds. The minimum Gasteiger partial charge on any atom is -0.494 e. The normalized spacial score (nSPS) is 16.8. The van der Waals surface area contributed by atoms with Gasteiger partial charge in [0.15, 0.2) is 0 Å². The molecule has 4 heteroatoms. The number of carbonyl (C=O) groups excluding carboxylic acids is 1. The summed E-state index contributed by atoms with van der Waals surface area (Å²) in [6, 6.07) is 7.56. The highest BCUT2D eigenvalue weighted by Gasteiger charge is 2.48. The molecule has 0 unspecified atom stereocenters. The van der Waals surface area contributed by atoms with Gasteiger partial charge < -0.3 is 14.2 Å². The minimum atomic E-state index is -0.624. The van der Waals surface area contributed by atoms with Crippen LogP contribution in [0.2, 0.25) is 0 Å². The van der Waals surface area contributed by atoms with Crippen molar-refractivity contribution in [1.29, 1.82) is 0 Å². The first-order valence-electron chi connectivity index (χ1n) is 6.21. The van der Waals surface area contributed by atoms with E-state index < -0.39 is 5.41 Å². The molecule has 0 aromatic heterocycles. The van der Waals surface area contributed by atoms with Crippen molar-refractivity contribution < 1.29 is 19.0 Å². The van der Waals surface area contributed by atoms with Gasteiger partial charge in [-0.2, -0.15) is 0 Å². The van der Waals surface area contributed by atoms with E-state index in [1.807, 2.05) is 38.1 Å². The molecule has 0 aliphatic carbocycles. The van der Waals surface area contributed by atoms with Crippen molar-refractivity contribution in [2.24, 2.45) is 0 Å². The molecular weight excluding hydrogens is 232 g/mol. The number of ether oxygens (including phenoxy) is 3. The number of hydrogen-bond donors (Lipinski definition) is 0. The fraction of sp³-hybridized carbons (Fsp3) is 0.500. The van der Waals surface area contributed by atoms with Gasteiger partial charge in [-0.25, -0.2) is 0 Å². The largest absolute Gasteiger partial charge is 0.494 e. The Hall–Kier alpha value is -1.55. The lowest BCUT2D eigenvalue weighted by atomic mass is 9.78. The van der Waals surface area contributed by atoms with Crippen LogP contribution in [0.3, 0.4) is 0 Å². The Labute approximate surface area is 107 Å². The van der Waals surface area contributed by atoms with E-state index in [-0.39, 0.29) is 5.97 Å². The molecule has 0 spiro atoms. The molecule has 1 aromatic carbocycles. The van der Waals surface area contributed by atoms with Gasteiger partial charge in [-0.05, 0) is 31.5 Å². The molecule has 0 radical (unpaired) electrons. The second kappa shape index (κ2) is 5.40. The van der Waals surface area contributed by atoms with Crippen molar-refractivity contribution in [3.63, 3.8) is 0 Å². The molecule has 2 rings (SSSR count). The lowest BCUT2D eigenvalue weighted by Crippen LogP contribution is -2.53. The summed E-state index contributed by atoms with van der Waals surface area (Å²) >= 11 is 0. The summed E-state index contributed by atoms with van der Waals surface area (Å²) in [7, 11) is 0. The number of carbonyl (C=O) groups is 1. The van der Waals surface area contributed by atoms with Gasteiger partial charge in [0, 0.05) is 0 Å². The summed E-state index contributed by atoms with van der Waals surface area (Å²) in [5.74, 6) is 0.598. The highest BCUT2D eigenvalue weighted by atomic mass is 16.6. The number of benzene rings is 1. The quantitative estimate of drug-likeness (QED) is 0.749. The zero-order valence-corrected chi connectivity index (χ0v) is 10.8. The Bertz CT molecular complexity index is 406. The van der Waals surface area contributed by atoms with Gasteiger partial charge in [0.2, 0.25) is 0 Å². The van der Waals surface area contributed by atoms with Crippen molar-refractivity contribution in [2.75, 3.05) is 26.4 Å². The van der Waals surface area contributed by atoms with Crippen LogP contribution in [-0.2, 0) is 19.7 Å². The average molecular weight is 250 g/mol. The molecular formula is C14H18O4. The molecule has 1 aliphatic rings.